The molecule has 0 amide bonds. The molecule has 0 rings (SSSR count). The highest BCUT2D eigenvalue weighted by atomic mass is 16.5. The van der Waals surface area contributed by atoms with Crippen LogP contribution in [0, 0.1) is 0 Å². The third-order valence-electron chi connectivity index (χ3n) is 1.45. The van der Waals surface area contributed by atoms with Crippen molar-refractivity contribution in [3.8, 4) is 0 Å². The van der Waals surface area contributed by atoms with E-state index >= 15 is 0 Å². The lowest BCUT2D eigenvalue weighted by Crippen LogP contribution is -2.28. The summed E-state index contributed by atoms with van der Waals surface area (Å²) in [5, 5.41) is 10.9. The Bertz CT molecular complexity index is 207. The van der Waals surface area contributed by atoms with Crippen molar-refractivity contribution in [3.05, 3.63) is 24.6 Å². The van der Waals surface area contributed by atoms with Gasteiger partial charge in [0.25, 0.3) is 0 Å². The lowest BCUT2D eigenvalue weighted by Gasteiger charge is -2.19. The Morgan fingerprint density at radius 2 is 2.21 bits per heavy atom. The average Bonchev–Trinajstić information content (AvgIpc) is 2.10. The Kier molecular flexibility index (Phi) is 5.27. The molecule has 3 N–H and O–H groups in total. The molecule has 82 valence electrons. The smallest absolute Gasteiger partial charge is 0.136 e. The minimum atomic E-state index is -0.853. The Labute approximate surface area is 85.6 Å². The predicted octanol–water partition coefficient (Wildman–Crippen LogP) is 0.997. The summed E-state index contributed by atoms with van der Waals surface area (Å²) in [6, 6.07) is 0. The van der Waals surface area contributed by atoms with Gasteiger partial charge in [-0.15, -0.1) is 0 Å². The SMILES string of the molecule is C=C/C(=C\N(N)CC)OCC(C)(C)O. The van der Waals surface area contributed by atoms with Gasteiger partial charge in [0.15, 0.2) is 0 Å². The number of hydrazine groups is 1. The lowest BCUT2D eigenvalue weighted by atomic mass is 10.2. The average molecular weight is 200 g/mol. The van der Waals surface area contributed by atoms with Crippen molar-refractivity contribution < 1.29 is 9.84 Å². The summed E-state index contributed by atoms with van der Waals surface area (Å²) in [6.07, 6.45) is 3.19. The normalized spacial score (nSPS) is 12.5. The van der Waals surface area contributed by atoms with Crippen LogP contribution in [0.3, 0.4) is 0 Å². The maximum Gasteiger partial charge on any atom is 0.136 e. The van der Waals surface area contributed by atoms with E-state index < -0.39 is 5.60 Å². The molecule has 4 nitrogen and oxygen atoms in total. The second-order valence-electron chi connectivity index (χ2n) is 3.67. The molecule has 0 aromatic carbocycles. The van der Waals surface area contributed by atoms with E-state index in [2.05, 4.69) is 6.58 Å². The molecule has 0 aliphatic rings. The van der Waals surface area contributed by atoms with E-state index in [4.69, 9.17) is 10.6 Å². The standard InChI is InChI=1S/C10H20N2O2/c1-5-9(7-12(11)6-2)14-8-10(3,4)13/h5,7,13H,1,6,8,11H2,2-4H3/b9-7+. The Morgan fingerprint density at radius 3 is 2.57 bits per heavy atom. The second-order valence-corrected chi connectivity index (χ2v) is 3.67. The van der Waals surface area contributed by atoms with Crippen LogP contribution in [0.4, 0.5) is 0 Å². The fourth-order valence-corrected chi connectivity index (χ4v) is 0.664. The number of ether oxygens (including phenoxy) is 1. The number of allylic oxidation sites excluding steroid dienone is 1. The quantitative estimate of drug-likeness (QED) is 0.290. The summed E-state index contributed by atoms with van der Waals surface area (Å²) >= 11 is 0. The lowest BCUT2D eigenvalue weighted by molar-refractivity contribution is 0.00481. The van der Waals surface area contributed by atoms with Crippen molar-refractivity contribution in [2.24, 2.45) is 5.84 Å². The van der Waals surface area contributed by atoms with Gasteiger partial charge in [-0.05, 0) is 26.8 Å². The summed E-state index contributed by atoms with van der Waals surface area (Å²) in [5.74, 6) is 6.11. The molecule has 0 fully saturated rings. The first-order chi connectivity index (χ1) is 6.39. The molecule has 0 heterocycles. The number of nitrogens with two attached hydrogens (primary N) is 1. The van der Waals surface area contributed by atoms with Crippen LogP contribution < -0.4 is 5.84 Å². The number of nitrogens with zero attached hydrogens (tertiary/aromatic N) is 1. The first kappa shape index (κ1) is 13.0. The summed E-state index contributed by atoms with van der Waals surface area (Å²) in [5.41, 5.74) is -0.853. The molecule has 4 heteroatoms. The van der Waals surface area contributed by atoms with Crippen LogP contribution in [0.5, 0.6) is 0 Å². The molecule has 0 saturated carbocycles. The number of hydrogen-bond donors (Lipinski definition) is 2. The van der Waals surface area contributed by atoms with E-state index in [0.29, 0.717) is 12.3 Å². The highest BCUT2D eigenvalue weighted by Crippen LogP contribution is 2.07. The van der Waals surface area contributed by atoms with Crippen molar-refractivity contribution >= 4 is 0 Å². The van der Waals surface area contributed by atoms with E-state index in [1.54, 1.807) is 26.1 Å². The van der Waals surface area contributed by atoms with Gasteiger partial charge in [0, 0.05) is 6.54 Å². The van der Waals surface area contributed by atoms with Crippen LogP contribution in [0.2, 0.25) is 0 Å². The second kappa shape index (κ2) is 5.67. The van der Waals surface area contributed by atoms with E-state index in [1.165, 1.54) is 5.01 Å². The van der Waals surface area contributed by atoms with Gasteiger partial charge in [0.2, 0.25) is 0 Å². The zero-order chi connectivity index (χ0) is 11.2. The van der Waals surface area contributed by atoms with E-state index in [9.17, 15) is 5.11 Å². The summed E-state index contributed by atoms with van der Waals surface area (Å²) < 4.78 is 5.30. The van der Waals surface area contributed by atoms with Crippen LogP contribution >= 0.6 is 0 Å². The van der Waals surface area contributed by atoms with Crippen LogP contribution in [0.15, 0.2) is 24.6 Å². The summed E-state index contributed by atoms with van der Waals surface area (Å²) in [7, 11) is 0. The summed E-state index contributed by atoms with van der Waals surface area (Å²) in [6.45, 7) is 9.76. The molecule has 0 spiro atoms. The largest absolute Gasteiger partial charge is 0.489 e. The van der Waals surface area contributed by atoms with Gasteiger partial charge in [0.1, 0.15) is 12.4 Å². The van der Waals surface area contributed by atoms with Crippen molar-refractivity contribution in [2.45, 2.75) is 26.4 Å². The molecule has 0 aromatic heterocycles. The minimum absolute atomic E-state index is 0.211. The van der Waals surface area contributed by atoms with Gasteiger partial charge in [-0.25, -0.2) is 5.84 Å². The molecule has 14 heavy (non-hydrogen) atoms. The highest BCUT2D eigenvalue weighted by Gasteiger charge is 2.13. The first-order valence-corrected chi connectivity index (χ1v) is 4.60. The fourth-order valence-electron chi connectivity index (χ4n) is 0.664. The van der Waals surface area contributed by atoms with Crippen molar-refractivity contribution in [2.75, 3.05) is 13.2 Å². The Hall–Kier alpha value is -1.00. The van der Waals surface area contributed by atoms with Gasteiger partial charge >= 0.3 is 0 Å². The monoisotopic (exact) mass is 200 g/mol. The van der Waals surface area contributed by atoms with Crippen molar-refractivity contribution in [1.29, 1.82) is 0 Å². The third-order valence-corrected chi connectivity index (χ3v) is 1.45. The van der Waals surface area contributed by atoms with Gasteiger partial charge in [-0.1, -0.05) is 6.58 Å². The molecule has 0 aliphatic carbocycles. The minimum Gasteiger partial charge on any atom is -0.489 e. The van der Waals surface area contributed by atoms with E-state index in [1.807, 2.05) is 6.92 Å². The van der Waals surface area contributed by atoms with Crippen molar-refractivity contribution in [3.63, 3.8) is 0 Å². The maximum atomic E-state index is 9.42. The number of rotatable bonds is 6. The van der Waals surface area contributed by atoms with E-state index in [-0.39, 0.29) is 6.61 Å². The zero-order valence-electron chi connectivity index (χ0n) is 9.16. The predicted molar refractivity (Wildman–Crippen MR) is 57.1 cm³/mol. The topological polar surface area (TPSA) is 58.7 Å². The maximum absolute atomic E-state index is 9.42. The number of aliphatic hydroxyl groups is 1. The van der Waals surface area contributed by atoms with Crippen LogP contribution in [0.1, 0.15) is 20.8 Å². The molecule has 0 aliphatic heterocycles. The molecule has 0 aromatic rings. The third kappa shape index (κ3) is 6.51. The molecule has 0 saturated heterocycles. The molecule has 0 unspecified atom stereocenters. The van der Waals surface area contributed by atoms with Gasteiger partial charge < -0.3 is 14.9 Å². The molecule has 0 atom stereocenters. The highest BCUT2D eigenvalue weighted by molar-refractivity contribution is 5.07. The molecular formula is C10H20N2O2. The zero-order valence-corrected chi connectivity index (χ0v) is 9.16. The molecule has 0 radical (unpaired) electrons. The van der Waals surface area contributed by atoms with E-state index in [0.717, 1.165) is 0 Å². The van der Waals surface area contributed by atoms with Crippen LogP contribution in [0.25, 0.3) is 0 Å². The van der Waals surface area contributed by atoms with Gasteiger partial charge in [-0.2, -0.15) is 0 Å². The molecular weight excluding hydrogens is 180 g/mol. The Balaban J connectivity index is 4.16. The number of hydrogen-bond acceptors (Lipinski definition) is 4. The van der Waals surface area contributed by atoms with Gasteiger partial charge in [0.05, 0.1) is 11.8 Å². The van der Waals surface area contributed by atoms with Crippen molar-refractivity contribution in [1.82, 2.24) is 5.01 Å². The van der Waals surface area contributed by atoms with Crippen LogP contribution in [-0.2, 0) is 4.74 Å². The van der Waals surface area contributed by atoms with Gasteiger partial charge in [-0.3, -0.25) is 0 Å². The molecule has 0 bridgehead atoms. The Morgan fingerprint density at radius 1 is 1.64 bits per heavy atom. The first-order valence-electron chi connectivity index (χ1n) is 4.60. The van der Waals surface area contributed by atoms with Crippen LogP contribution in [-0.4, -0.2) is 28.9 Å². The summed E-state index contributed by atoms with van der Waals surface area (Å²) in [4.78, 5) is 0. The fraction of sp³-hybridized carbons (Fsp3) is 0.600.